The Balaban J connectivity index is 1.87. The van der Waals surface area contributed by atoms with Gasteiger partial charge in [-0.15, -0.1) is 12.6 Å². The van der Waals surface area contributed by atoms with Crippen molar-refractivity contribution in [3.8, 4) is 0 Å². The van der Waals surface area contributed by atoms with E-state index >= 15 is 0 Å². The number of benzene rings is 3. The number of thiol groups is 1. The number of hydrogen-bond donors (Lipinski definition) is 2. The van der Waals surface area contributed by atoms with Gasteiger partial charge in [0.1, 0.15) is 0 Å². The SMILES string of the molecule is Cc1ccc(C2CCc3c(ccc(N)c3S)C2c2ccc(C)cc2)cc1. The molecule has 2 atom stereocenters. The molecular weight excluding hydrogens is 334 g/mol. The first kappa shape index (κ1) is 17.2. The van der Waals surface area contributed by atoms with E-state index in [1.54, 1.807) is 0 Å². The predicted octanol–water partition coefficient (Wildman–Crippen LogP) is 6.04. The lowest BCUT2D eigenvalue weighted by atomic mass is 9.69. The largest absolute Gasteiger partial charge is 0.398 e. The Kier molecular flexibility index (Phi) is 4.54. The van der Waals surface area contributed by atoms with Crippen LogP contribution in [0, 0.1) is 13.8 Å². The summed E-state index contributed by atoms with van der Waals surface area (Å²) in [6, 6.07) is 22.3. The third-order valence-electron chi connectivity index (χ3n) is 5.73. The Morgan fingerprint density at radius 3 is 2.00 bits per heavy atom. The van der Waals surface area contributed by atoms with Crippen molar-refractivity contribution >= 4 is 18.3 Å². The minimum Gasteiger partial charge on any atom is -0.398 e. The summed E-state index contributed by atoms with van der Waals surface area (Å²) >= 11 is 4.72. The quantitative estimate of drug-likeness (QED) is 0.423. The predicted molar refractivity (Wildman–Crippen MR) is 113 cm³/mol. The van der Waals surface area contributed by atoms with E-state index in [-0.39, 0.29) is 0 Å². The van der Waals surface area contributed by atoms with Crippen LogP contribution < -0.4 is 5.73 Å². The van der Waals surface area contributed by atoms with Gasteiger partial charge in [0.25, 0.3) is 0 Å². The minimum absolute atomic E-state index is 0.341. The normalized spacial score (nSPS) is 19.2. The van der Waals surface area contributed by atoms with Crippen LogP contribution in [-0.2, 0) is 6.42 Å². The molecule has 1 nitrogen and oxygen atoms in total. The third kappa shape index (κ3) is 3.03. The van der Waals surface area contributed by atoms with Crippen molar-refractivity contribution in [1.82, 2.24) is 0 Å². The van der Waals surface area contributed by atoms with Gasteiger partial charge in [0.05, 0.1) is 0 Å². The molecule has 2 unspecified atom stereocenters. The number of anilines is 1. The van der Waals surface area contributed by atoms with Gasteiger partial charge in [0, 0.05) is 16.5 Å². The second kappa shape index (κ2) is 6.85. The fourth-order valence-corrected chi connectivity index (χ4v) is 4.58. The maximum absolute atomic E-state index is 6.13. The van der Waals surface area contributed by atoms with E-state index in [2.05, 4.69) is 68.4 Å². The van der Waals surface area contributed by atoms with E-state index in [4.69, 9.17) is 18.4 Å². The molecule has 1 aliphatic rings. The molecule has 0 fully saturated rings. The summed E-state index contributed by atoms with van der Waals surface area (Å²) in [7, 11) is 0. The summed E-state index contributed by atoms with van der Waals surface area (Å²) in [6.45, 7) is 4.29. The number of rotatable bonds is 2. The average molecular weight is 360 g/mol. The van der Waals surface area contributed by atoms with Gasteiger partial charge in [-0.2, -0.15) is 0 Å². The second-order valence-corrected chi connectivity index (χ2v) is 7.96. The zero-order valence-electron chi connectivity index (χ0n) is 15.4. The van der Waals surface area contributed by atoms with Crippen LogP contribution in [0.15, 0.2) is 65.6 Å². The number of hydrogen-bond acceptors (Lipinski definition) is 2. The summed E-state index contributed by atoms with van der Waals surface area (Å²) in [5.41, 5.74) is 15.0. The minimum atomic E-state index is 0.341. The molecule has 2 N–H and O–H groups in total. The first-order chi connectivity index (χ1) is 12.5. The first-order valence-electron chi connectivity index (χ1n) is 9.28. The highest BCUT2D eigenvalue weighted by Crippen LogP contribution is 2.48. The van der Waals surface area contributed by atoms with Crippen LogP contribution in [0.1, 0.15) is 51.6 Å². The van der Waals surface area contributed by atoms with Crippen molar-refractivity contribution in [1.29, 1.82) is 0 Å². The molecule has 3 aromatic carbocycles. The van der Waals surface area contributed by atoms with E-state index in [1.165, 1.54) is 33.4 Å². The molecule has 0 aliphatic heterocycles. The summed E-state index contributed by atoms with van der Waals surface area (Å²) in [4.78, 5) is 0.960. The van der Waals surface area contributed by atoms with Crippen molar-refractivity contribution < 1.29 is 0 Å². The Morgan fingerprint density at radius 2 is 1.38 bits per heavy atom. The first-order valence-corrected chi connectivity index (χ1v) is 9.72. The number of nitrogen functional groups attached to an aromatic ring is 1. The molecule has 132 valence electrons. The molecule has 26 heavy (non-hydrogen) atoms. The molecule has 4 rings (SSSR count). The Labute approximate surface area is 161 Å². The zero-order valence-corrected chi connectivity index (χ0v) is 16.3. The van der Waals surface area contributed by atoms with Crippen molar-refractivity contribution in [3.05, 3.63) is 94.0 Å². The van der Waals surface area contributed by atoms with Crippen molar-refractivity contribution in [3.63, 3.8) is 0 Å². The standard InChI is InChI=1S/C24H25NS/c1-15-3-7-17(8-4-15)19-11-12-21-20(13-14-22(25)24(21)26)23(19)18-9-5-16(2)6-10-18/h3-10,13-14,19,23,26H,11-12,25H2,1-2H3. The van der Waals surface area contributed by atoms with Crippen LogP contribution in [0.3, 0.4) is 0 Å². The lowest BCUT2D eigenvalue weighted by molar-refractivity contribution is 0.520. The molecule has 0 amide bonds. The third-order valence-corrected chi connectivity index (χ3v) is 6.26. The number of aryl methyl sites for hydroxylation is 2. The fraction of sp³-hybridized carbons (Fsp3) is 0.250. The van der Waals surface area contributed by atoms with Gasteiger partial charge in [-0.1, -0.05) is 65.7 Å². The van der Waals surface area contributed by atoms with Crippen LogP contribution in [0.4, 0.5) is 5.69 Å². The molecule has 3 aromatic rings. The lowest BCUT2D eigenvalue weighted by Gasteiger charge is -2.35. The maximum atomic E-state index is 6.13. The van der Waals surface area contributed by atoms with Crippen LogP contribution in [0.25, 0.3) is 0 Å². The van der Waals surface area contributed by atoms with Gasteiger partial charge in [-0.3, -0.25) is 0 Å². The van der Waals surface area contributed by atoms with Crippen molar-refractivity contribution in [2.45, 2.75) is 43.4 Å². The van der Waals surface area contributed by atoms with Crippen LogP contribution in [-0.4, -0.2) is 0 Å². The van der Waals surface area contributed by atoms with E-state index in [0.717, 1.165) is 23.4 Å². The van der Waals surface area contributed by atoms with Crippen LogP contribution in [0.5, 0.6) is 0 Å². The summed E-state index contributed by atoms with van der Waals surface area (Å²) < 4.78 is 0. The molecular formula is C24H25NS. The average Bonchev–Trinajstić information content (AvgIpc) is 2.65. The van der Waals surface area contributed by atoms with Gasteiger partial charge >= 0.3 is 0 Å². The summed E-state index contributed by atoms with van der Waals surface area (Å²) in [5, 5.41) is 0. The highest BCUT2D eigenvalue weighted by atomic mass is 32.1. The van der Waals surface area contributed by atoms with E-state index in [0.29, 0.717) is 11.8 Å². The monoisotopic (exact) mass is 359 g/mol. The number of nitrogens with two attached hydrogens (primary N) is 1. The van der Waals surface area contributed by atoms with Gasteiger partial charge in [0.15, 0.2) is 0 Å². The lowest BCUT2D eigenvalue weighted by Crippen LogP contribution is -2.21. The number of fused-ring (bicyclic) bond motifs is 1. The maximum Gasteiger partial charge on any atom is 0.0452 e. The van der Waals surface area contributed by atoms with Crippen LogP contribution in [0.2, 0.25) is 0 Å². The molecule has 0 radical (unpaired) electrons. The van der Waals surface area contributed by atoms with Crippen molar-refractivity contribution in [2.24, 2.45) is 0 Å². The van der Waals surface area contributed by atoms with E-state index in [9.17, 15) is 0 Å². The van der Waals surface area contributed by atoms with Gasteiger partial charge in [-0.25, -0.2) is 0 Å². The molecule has 2 heteroatoms. The fourth-order valence-electron chi connectivity index (χ4n) is 4.27. The van der Waals surface area contributed by atoms with Gasteiger partial charge in [0.2, 0.25) is 0 Å². The van der Waals surface area contributed by atoms with Crippen molar-refractivity contribution in [2.75, 3.05) is 5.73 Å². The topological polar surface area (TPSA) is 26.0 Å². The summed E-state index contributed by atoms with van der Waals surface area (Å²) in [5.74, 6) is 0.815. The Hall–Kier alpha value is -2.19. The molecule has 0 bridgehead atoms. The highest BCUT2D eigenvalue weighted by Gasteiger charge is 2.33. The molecule has 0 spiro atoms. The molecule has 0 saturated carbocycles. The van der Waals surface area contributed by atoms with Gasteiger partial charge < -0.3 is 5.73 Å². The molecule has 0 saturated heterocycles. The van der Waals surface area contributed by atoms with E-state index in [1.807, 2.05) is 6.07 Å². The molecule has 0 aromatic heterocycles. The summed E-state index contributed by atoms with van der Waals surface area (Å²) in [6.07, 6.45) is 2.14. The smallest absolute Gasteiger partial charge is 0.0452 e. The Morgan fingerprint density at radius 1 is 0.808 bits per heavy atom. The second-order valence-electron chi connectivity index (χ2n) is 7.52. The zero-order chi connectivity index (χ0) is 18.3. The molecule has 1 aliphatic carbocycles. The molecule has 0 heterocycles. The Bertz CT molecular complexity index is 926. The highest BCUT2D eigenvalue weighted by molar-refractivity contribution is 7.80. The van der Waals surface area contributed by atoms with Gasteiger partial charge in [-0.05, 0) is 60.9 Å². The van der Waals surface area contributed by atoms with Crippen LogP contribution >= 0.6 is 12.6 Å². The van der Waals surface area contributed by atoms with E-state index < -0.39 is 0 Å².